The van der Waals surface area contributed by atoms with E-state index in [4.69, 9.17) is 9.47 Å². The molecule has 0 aliphatic carbocycles. The summed E-state index contributed by atoms with van der Waals surface area (Å²) in [5, 5.41) is 9.61. The third-order valence-electron chi connectivity index (χ3n) is 3.38. The molecule has 0 spiro atoms. The molecule has 2 aromatic carbocycles. The number of hydrogen-bond donors (Lipinski definition) is 1. The Bertz CT molecular complexity index is 663. The molecule has 4 nitrogen and oxygen atoms in total. The molecule has 4 heteroatoms. The fourth-order valence-corrected chi connectivity index (χ4v) is 2.35. The molecule has 1 aliphatic rings. The first-order valence-corrected chi connectivity index (χ1v) is 6.33. The van der Waals surface area contributed by atoms with Gasteiger partial charge in [-0.2, -0.15) is 0 Å². The summed E-state index contributed by atoms with van der Waals surface area (Å²) >= 11 is 0. The number of para-hydroxylation sites is 1. The number of phenolic OH excluding ortho intramolecular Hbond substituents is 1. The van der Waals surface area contributed by atoms with Crippen LogP contribution in [0.2, 0.25) is 0 Å². The second-order valence-electron chi connectivity index (χ2n) is 4.68. The fourth-order valence-electron chi connectivity index (χ4n) is 2.35. The highest BCUT2D eigenvalue weighted by Crippen LogP contribution is 2.35. The minimum atomic E-state index is -0.653. The number of rotatable bonds is 2. The van der Waals surface area contributed by atoms with E-state index >= 15 is 0 Å². The molecule has 0 bridgehead atoms. The summed E-state index contributed by atoms with van der Waals surface area (Å²) in [6, 6.07) is 12.3. The van der Waals surface area contributed by atoms with Gasteiger partial charge >= 0.3 is 0 Å². The Morgan fingerprint density at radius 2 is 2.05 bits per heavy atom. The molecule has 0 aromatic heterocycles. The van der Waals surface area contributed by atoms with Crippen molar-refractivity contribution in [3.63, 3.8) is 0 Å². The molecule has 3 rings (SSSR count). The van der Waals surface area contributed by atoms with Crippen molar-refractivity contribution in [2.45, 2.75) is 12.5 Å². The van der Waals surface area contributed by atoms with Crippen molar-refractivity contribution in [3.05, 3.63) is 53.6 Å². The van der Waals surface area contributed by atoms with Gasteiger partial charge in [0.1, 0.15) is 5.75 Å². The monoisotopic (exact) mass is 270 g/mol. The first-order valence-electron chi connectivity index (χ1n) is 6.33. The highest BCUT2D eigenvalue weighted by atomic mass is 16.5. The van der Waals surface area contributed by atoms with Crippen molar-refractivity contribution < 1.29 is 19.4 Å². The van der Waals surface area contributed by atoms with Gasteiger partial charge in [0.05, 0.1) is 7.11 Å². The van der Waals surface area contributed by atoms with Crippen LogP contribution in [0, 0.1) is 0 Å². The zero-order valence-corrected chi connectivity index (χ0v) is 11.0. The quantitative estimate of drug-likeness (QED) is 0.911. The molecular formula is C16H14O4. The summed E-state index contributed by atoms with van der Waals surface area (Å²) in [5.41, 5.74) is 1.58. The number of carbonyl (C=O) groups excluding carboxylic acids is 1. The Morgan fingerprint density at radius 3 is 2.85 bits per heavy atom. The molecule has 102 valence electrons. The molecule has 1 unspecified atom stereocenters. The lowest BCUT2D eigenvalue weighted by Crippen LogP contribution is -2.25. The summed E-state index contributed by atoms with van der Waals surface area (Å²) in [5.74, 6) is 1.10. The van der Waals surface area contributed by atoms with E-state index in [0.29, 0.717) is 17.7 Å². The number of hydrogen-bond acceptors (Lipinski definition) is 4. The number of aromatic hydroxyl groups is 1. The van der Waals surface area contributed by atoms with E-state index in [1.165, 1.54) is 13.2 Å². The second kappa shape index (κ2) is 4.89. The fraction of sp³-hybridized carbons (Fsp3) is 0.188. The first-order chi connectivity index (χ1) is 9.69. The third-order valence-corrected chi connectivity index (χ3v) is 3.38. The van der Waals surface area contributed by atoms with Crippen LogP contribution >= 0.6 is 0 Å². The molecule has 1 heterocycles. The van der Waals surface area contributed by atoms with Gasteiger partial charge in [0.25, 0.3) is 0 Å². The number of fused-ring (bicyclic) bond motifs is 1. The summed E-state index contributed by atoms with van der Waals surface area (Å²) in [4.78, 5) is 12.2. The van der Waals surface area contributed by atoms with Crippen molar-refractivity contribution in [3.8, 4) is 17.2 Å². The Labute approximate surface area is 116 Å². The van der Waals surface area contributed by atoms with Gasteiger partial charge in [0, 0.05) is 17.5 Å². The molecule has 1 N–H and O–H groups in total. The van der Waals surface area contributed by atoms with E-state index in [2.05, 4.69) is 0 Å². The number of ketones is 1. The number of benzene rings is 2. The highest BCUT2D eigenvalue weighted by molar-refractivity contribution is 5.88. The Kier molecular flexibility index (Phi) is 3.06. The zero-order valence-electron chi connectivity index (χ0n) is 11.0. The van der Waals surface area contributed by atoms with Gasteiger partial charge in [0.2, 0.25) is 0 Å². The number of carbonyl (C=O) groups is 1. The van der Waals surface area contributed by atoms with E-state index in [0.717, 1.165) is 11.3 Å². The third kappa shape index (κ3) is 2.09. The maximum Gasteiger partial charge on any atom is 0.182 e. The predicted molar refractivity (Wildman–Crippen MR) is 73.2 cm³/mol. The van der Waals surface area contributed by atoms with Crippen LogP contribution in [0.4, 0.5) is 0 Å². The van der Waals surface area contributed by atoms with Gasteiger partial charge in [-0.1, -0.05) is 24.3 Å². The summed E-state index contributed by atoms with van der Waals surface area (Å²) in [6.07, 6.45) is -0.302. The maximum absolute atomic E-state index is 12.2. The molecule has 20 heavy (non-hydrogen) atoms. The standard InChI is InChI=1S/C16H14O4/c1-19-15-9-11(6-7-12(15)17)16-13(18)8-10-4-2-3-5-14(10)20-16/h2-7,9,16-17H,8H2,1H3. The van der Waals surface area contributed by atoms with Crippen molar-refractivity contribution in [2.24, 2.45) is 0 Å². The van der Waals surface area contributed by atoms with Crippen LogP contribution in [0.1, 0.15) is 17.2 Å². The molecule has 0 saturated carbocycles. The zero-order chi connectivity index (χ0) is 14.1. The van der Waals surface area contributed by atoms with Crippen molar-refractivity contribution in [1.82, 2.24) is 0 Å². The minimum absolute atomic E-state index is 0.00329. The van der Waals surface area contributed by atoms with Crippen molar-refractivity contribution in [1.29, 1.82) is 0 Å². The molecule has 0 fully saturated rings. The lowest BCUT2D eigenvalue weighted by Gasteiger charge is -2.25. The van der Waals surface area contributed by atoms with E-state index in [1.54, 1.807) is 12.1 Å². The summed E-state index contributed by atoms with van der Waals surface area (Å²) in [7, 11) is 1.47. The minimum Gasteiger partial charge on any atom is -0.504 e. The predicted octanol–water partition coefficient (Wildman–Crippen LogP) is 2.65. The van der Waals surface area contributed by atoms with Crippen molar-refractivity contribution in [2.75, 3.05) is 7.11 Å². The first kappa shape index (κ1) is 12.5. The van der Waals surface area contributed by atoms with Crippen molar-refractivity contribution >= 4 is 5.78 Å². The summed E-state index contributed by atoms with van der Waals surface area (Å²) in [6.45, 7) is 0. The van der Waals surface area contributed by atoms with E-state index in [1.807, 2.05) is 24.3 Å². The van der Waals surface area contributed by atoms with E-state index in [9.17, 15) is 9.90 Å². The van der Waals surface area contributed by atoms with Crippen LogP contribution in [0.25, 0.3) is 0 Å². The highest BCUT2D eigenvalue weighted by Gasteiger charge is 2.29. The number of Topliss-reactive ketones (excluding diaryl/α,β-unsaturated/α-hetero) is 1. The van der Waals surface area contributed by atoms with Gasteiger partial charge in [-0.05, 0) is 18.2 Å². The Hall–Kier alpha value is -2.49. The number of methoxy groups -OCH3 is 1. The molecule has 1 atom stereocenters. The maximum atomic E-state index is 12.2. The van der Waals surface area contributed by atoms with Gasteiger partial charge in [0.15, 0.2) is 23.4 Å². The lowest BCUT2D eigenvalue weighted by atomic mass is 9.96. The summed E-state index contributed by atoms with van der Waals surface area (Å²) < 4.78 is 10.8. The van der Waals surface area contributed by atoms with Crippen LogP contribution in [-0.2, 0) is 11.2 Å². The average Bonchev–Trinajstić information content (AvgIpc) is 2.47. The average molecular weight is 270 g/mol. The molecule has 0 radical (unpaired) electrons. The largest absolute Gasteiger partial charge is 0.504 e. The van der Waals surface area contributed by atoms with Crippen LogP contribution in [0.3, 0.4) is 0 Å². The normalized spacial score (nSPS) is 17.2. The van der Waals surface area contributed by atoms with Gasteiger partial charge in [-0.25, -0.2) is 0 Å². The van der Waals surface area contributed by atoms with E-state index < -0.39 is 6.10 Å². The Morgan fingerprint density at radius 1 is 1.25 bits per heavy atom. The SMILES string of the molecule is COc1cc(C2Oc3ccccc3CC2=O)ccc1O. The molecule has 2 aromatic rings. The lowest BCUT2D eigenvalue weighted by molar-refractivity contribution is -0.126. The van der Waals surface area contributed by atoms with Crippen LogP contribution in [0.15, 0.2) is 42.5 Å². The smallest absolute Gasteiger partial charge is 0.182 e. The second-order valence-corrected chi connectivity index (χ2v) is 4.68. The van der Waals surface area contributed by atoms with Gasteiger partial charge < -0.3 is 14.6 Å². The number of ether oxygens (including phenoxy) is 2. The van der Waals surface area contributed by atoms with Crippen LogP contribution < -0.4 is 9.47 Å². The molecular weight excluding hydrogens is 256 g/mol. The Balaban J connectivity index is 1.97. The molecule has 0 amide bonds. The van der Waals surface area contributed by atoms with Gasteiger partial charge in [-0.3, -0.25) is 4.79 Å². The van der Waals surface area contributed by atoms with Crippen LogP contribution in [-0.4, -0.2) is 18.0 Å². The van der Waals surface area contributed by atoms with Crippen LogP contribution in [0.5, 0.6) is 17.2 Å². The van der Waals surface area contributed by atoms with E-state index in [-0.39, 0.29) is 11.5 Å². The topological polar surface area (TPSA) is 55.8 Å². The molecule has 0 saturated heterocycles. The van der Waals surface area contributed by atoms with Gasteiger partial charge in [-0.15, -0.1) is 0 Å². The molecule has 1 aliphatic heterocycles. The number of phenols is 1.